The standard InChI is InChI=1S/C21H23N3O3/c1-25-16-10-11-19(26-2)17(13-16)18-9-6-12-24(18)14-20-22-21(23-27-20)15-7-4-3-5-8-15/h3-5,7-8,10-11,13,18H,6,9,12,14H2,1-2H3/t18-/m1/s1. The minimum Gasteiger partial charge on any atom is -0.497 e. The van der Waals surface area contributed by atoms with Crippen molar-refractivity contribution in [3.63, 3.8) is 0 Å². The van der Waals surface area contributed by atoms with Gasteiger partial charge in [0.15, 0.2) is 0 Å². The van der Waals surface area contributed by atoms with Crippen molar-refractivity contribution < 1.29 is 14.0 Å². The van der Waals surface area contributed by atoms with Gasteiger partial charge >= 0.3 is 0 Å². The third-order valence-corrected chi connectivity index (χ3v) is 5.00. The van der Waals surface area contributed by atoms with Gasteiger partial charge in [0.1, 0.15) is 11.5 Å². The lowest BCUT2D eigenvalue weighted by atomic mass is 10.0. The van der Waals surface area contributed by atoms with E-state index in [1.807, 2.05) is 42.5 Å². The molecule has 1 saturated heterocycles. The SMILES string of the molecule is COc1ccc(OC)c([C@H]2CCCN2Cc2nc(-c3ccccc3)no2)c1. The Balaban J connectivity index is 1.55. The summed E-state index contributed by atoms with van der Waals surface area (Å²) in [5.41, 5.74) is 2.09. The summed E-state index contributed by atoms with van der Waals surface area (Å²) in [5, 5.41) is 4.13. The van der Waals surface area contributed by atoms with Crippen LogP contribution in [-0.4, -0.2) is 35.8 Å². The third-order valence-electron chi connectivity index (χ3n) is 5.00. The van der Waals surface area contributed by atoms with Gasteiger partial charge in [0.25, 0.3) is 0 Å². The van der Waals surface area contributed by atoms with Crippen LogP contribution in [-0.2, 0) is 6.54 Å². The molecule has 0 N–H and O–H groups in total. The molecule has 0 unspecified atom stereocenters. The Hall–Kier alpha value is -2.86. The molecule has 0 saturated carbocycles. The minimum absolute atomic E-state index is 0.238. The van der Waals surface area contributed by atoms with Crippen LogP contribution < -0.4 is 9.47 Å². The number of nitrogens with zero attached hydrogens (tertiary/aromatic N) is 3. The molecule has 3 aromatic rings. The molecule has 0 aliphatic carbocycles. The molecule has 1 atom stereocenters. The van der Waals surface area contributed by atoms with Gasteiger partial charge in [-0.3, -0.25) is 4.90 Å². The minimum atomic E-state index is 0.238. The second-order valence-corrected chi connectivity index (χ2v) is 6.61. The number of rotatable bonds is 6. The lowest BCUT2D eigenvalue weighted by molar-refractivity contribution is 0.209. The van der Waals surface area contributed by atoms with Crippen molar-refractivity contribution in [2.75, 3.05) is 20.8 Å². The molecule has 27 heavy (non-hydrogen) atoms. The third kappa shape index (κ3) is 3.66. The van der Waals surface area contributed by atoms with Crippen LogP contribution in [0.25, 0.3) is 11.4 Å². The van der Waals surface area contributed by atoms with Gasteiger partial charge in [-0.05, 0) is 37.6 Å². The van der Waals surface area contributed by atoms with E-state index in [2.05, 4.69) is 21.1 Å². The highest BCUT2D eigenvalue weighted by molar-refractivity contribution is 5.53. The summed E-state index contributed by atoms with van der Waals surface area (Å²) >= 11 is 0. The number of hydrogen-bond acceptors (Lipinski definition) is 6. The van der Waals surface area contributed by atoms with E-state index in [4.69, 9.17) is 14.0 Å². The van der Waals surface area contributed by atoms with Crippen LogP contribution in [0.4, 0.5) is 0 Å². The zero-order valence-corrected chi connectivity index (χ0v) is 15.6. The first-order valence-electron chi connectivity index (χ1n) is 9.12. The van der Waals surface area contributed by atoms with Crippen molar-refractivity contribution in [1.29, 1.82) is 0 Å². The first-order valence-corrected chi connectivity index (χ1v) is 9.12. The zero-order valence-electron chi connectivity index (χ0n) is 15.6. The van der Waals surface area contributed by atoms with E-state index in [0.29, 0.717) is 18.3 Å². The number of aromatic nitrogens is 2. The summed E-state index contributed by atoms with van der Waals surface area (Å²) < 4.78 is 16.5. The quantitative estimate of drug-likeness (QED) is 0.656. The van der Waals surface area contributed by atoms with E-state index < -0.39 is 0 Å². The molecule has 140 valence electrons. The molecule has 0 spiro atoms. The molecule has 6 nitrogen and oxygen atoms in total. The summed E-state index contributed by atoms with van der Waals surface area (Å²) in [4.78, 5) is 6.93. The predicted molar refractivity (Wildman–Crippen MR) is 102 cm³/mol. The molecule has 1 aromatic heterocycles. The van der Waals surface area contributed by atoms with E-state index in [9.17, 15) is 0 Å². The van der Waals surface area contributed by atoms with Crippen molar-refractivity contribution >= 4 is 0 Å². The zero-order chi connectivity index (χ0) is 18.6. The summed E-state index contributed by atoms with van der Waals surface area (Å²) in [6.45, 7) is 1.60. The van der Waals surface area contributed by atoms with Crippen LogP contribution in [0, 0.1) is 0 Å². The van der Waals surface area contributed by atoms with Crippen LogP contribution in [0.5, 0.6) is 11.5 Å². The maximum Gasteiger partial charge on any atom is 0.241 e. The largest absolute Gasteiger partial charge is 0.497 e. The number of likely N-dealkylation sites (tertiary alicyclic amines) is 1. The fraction of sp³-hybridized carbons (Fsp3) is 0.333. The molecule has 2 heterocycles. The Morgan fingerprint density at radius 1 is 1.11 bits per heavy atom. The first-order chi connectivity index (χ1) is 13.3. The van der Waals surface area contributed by atoms with Gasteiger partial charge in [-0.25, -0.2) is 0 Å². The van der Waals surface area contributed by atoms with Crippen molar-refractivity contribution in [2.45, 2.75) is 25.4 Å². The summed E-state index contributed by atoms with van der Waals surface area (Å²) in [7, 11) is 3.39. The van der Waals surface area contributed by atoms with Crippen molar-refractivity contribution in [3.05, 3.63) is 60.0 Å². The fourth-order valence-electron chi connectivity index (χ4n) is 3.66. The summed E-state index contributed by atoms with van der Waals surface area (Å²) in [6.07, 6.45) is 2.17. The van der Waals surface area contributed by atoms with E-state index in [0.717, 1.165) is 42.0 Å². The Kier molecular flexibility index (Phi) is 5.07. The smallest absolute Gasteiger partial charge is 0.241 e. The average molecular weight is 365 g/mol. The van der Waals surface area contributed by atoms with Gasteiger partial charge < -0.3 is 14.0 Å². The van der Waals surface area contributed by atoms with E-state index in [-0.39, 0.29) is 6.04 Å². The molecule has 1 aliphatic heterocycles. The molecule has 4 rings (SSSR count). The molecular formula is C21H23N3O3. The highest BCUT2D eigenvalue weighted by Gasteiger charge is 2.30. The Labute approximate surface area is 158 Å². The molecule has 1 fully saturated rings. The van der Waals surface area contributed by atoms with Crippen LogP contribution in [0.2, 0.25) is 0 Å². The summed E-state index contributed by atoms with van der Waals surface area (Å²) in [5.74, 6) is 2.97. The van der Waals surface area contributed by atoms with Gasteiger partial charge in [-0.2, -0.15) is 4.98 Å². The molecule has 1 aliphatic rings. The fourth-order valence-corrected chi connectivity index (χ4v) is 3.66. The number of methoxy groups -OCH3 is 2. The normalized spacial score (nSPS) is 17.2. The molecule has 0 amide bonds. The van der Waals surface area contributed by atoms with Crippen LogP contribution in [0.15, 0.2) is 53.1 Å². The van der Waals surface area contributed by atoms with Crippen LogP contribution in [0.3, 0.4) is 0 Å². The Morgan fingerprint density at radius 3 is 2.74 bits per heavy atom. The van der Waals surface area contributed by atoms with E-state index >= 15 is 0 Å². The lowest BCUT2D eigenvalue weighted by Crippen LogP contribution is -2.23. The van der Waals surface area contributed by atoms with Gasteiger partial charge in [-0.1, -0.05) is 35.5 Å². The predicted octanol–water partition coefficient (Wildman–Crippen LogP) is 4.09. The van der Waals surface area contributed by atoms with Gasteiger partial charge in [0, 0.05) is 17.2 Å². The molecular weight excluding hydrogens is 342 g/mol. The average Bonchev–Trinajstić information content (AvgIpc) is 3.38. The van der Waals surface area contributed by atoms with Gasteiger partial charge in [0.05, 0.1) is 20.8 Å². The molecule has 2 aromatic carbocycles. The first kappa shape index (κ1) is 17.5. The lowest BCUT2D eigenvalue weighted by Gasteiger charge is -2.25. The molecule has 0 radical (unpaired) electrons. The van der Waals surface area contributed by atoms with Gasteiger partial charge in [0.2, 0.25) is 11.7 Å². The van der Waals surface area contributed by atoms with Crippen molar-refractivity contribution in [2.24, 2.45) is 0 Å². The van der Waals surface area contributed by atoms with Crippen LogP contribution in [0.1, 0.15) is 30.3 Å². The van der Waals surface area contributed by atoms with Crippen LogP contribution >= 0.6 is 0 Å². The van der Waals surface area contributed by atoms with Crippen molar-refractivity contribution in [3.8, 4) is 22.9 Å². The highest BCUT2D eigenvalue weighted by Crippen LogP contribution is 2.39. The highest BCUT2D eigenvalue weighted by atomic mass is 16.5. The van der Waals surface area contributed by atoms with E-state index in [1.165, 1.54) is 0 Å². The van der Waals surface area contributed by atoms with Crippen molar-refractivity contribution in [1.82, 2.24) is 15.0 Å². The number of ether oxygens (including phenoxy) is 2. The summed E-state index contributed by atoms with van der Waals surface area (Å²) in [6, 6.07) is 16.1. The molecule has 0 bridgehead atoms. The monoisotopic (exact) mass is 365 g/mol. The number of benzene rings is 2. The topological polar surface area (TPSA) is 60.6 Å². The molecule has 6 heteroatoms. The van der Waals surface area contributed by atoms with Gasteiger partial charge in [-0.15, -0.1) is 0 Å². The Bertz CT molecular complexity index is 895. The maximum atomic E-state index is 5.58. The second kappa shape index (κ2) is 7.80. The maximum absolute atomic E-state index is 5.58. The number of hydrogen-bond donors (Lipinski definition) is 0. The second-order valence-electron chi connectivity index (χ2n) is 6.61. The Morgan fingerprint density at radius 2 is 1.96 bits per heavy atom. The van der Waals surface area contributed by atoms with E-state index in [1.54, 1.807) is 14.2 Å².